The average molecular weight is 457 g/mol. The first-order chi connectivity index (χ1) is 16.4. The minimum Gasteiger partial charge on any atom is -0.493 e. The van der Waals surface area contributed by atoms with Gasteiger partial charge in [0.1, 0.15) is 18.2 Å². The van der Waals surface area contributed by atoms with Crippen molar-refractivity contribution in [2.75, 3.05) is 12.4 Å². The summed E-state index contributed by atoms with van der Waals surface area (Å²) in [6.07, 6.45) is 2.37. The molecule has 0 bridgehead atoms. The molecule has 3 rings (SSSR count). The quantitative estimate of drug-likeness (QED) is 0.202. The van der Waals surface area contributed by atoms with Crippen molar-refractivity contribution < 1.29 is 19.2 Å². The average Bonchev–Trinajstić information content (AvgIpc) is 2.86. The number of nitro groups is 1. The van der Waals surface area contributed by atoms with Crippen molar-refractivity contribution in [1.29, 1.82) is 5.26 Å². The largest absolute Gasteiger partial charge is 0.493 e. The number of anilines is 1. The first-order valence-electron chi connectivity index (χ1n) is 10.5. The summed E-state index contributed by atoms with van der Waals surface area (Å²) in [4.78, 5) is 22.9. The van der Waals surface area contributed by atoms with E-state index in [9.17, 15) is 20.2 Å². The van der Waals surface area contributed by atoms with Crippen LogP contribution in [0.2, 0.25) is 0 Å². The Morgan fingerprint density at radius 3 is 2.32 bits per heavy atom. The molecule has 0 aromatic heterocycles. The Morgan fingerprint density at radius 1 is 1.06 bits per heavy atom. The summed E-state index contributed by atoms with van der Waals surface area (Å²) < 4.78 is 11.2. The van der Waals surface area contributed by atoms with E-state index < -0.39 is 10.8 Å². The predicted molar refractivity (Wildman–Crippen MR) is 128 cm³/mol. The summed E-state index contributed by atoms with van der Waals surface area (Å²) in [6, 6.07) is 20.5. The van der Waals surface area contributed by atoms with Crippen molar-refractivity contribution in [1.82, 2.24) is 0 Å². The predicted octanol–water partition coefficient (Wildman–Crippen LogP) is 5.29. The van der Waals surface area contributed by atoms with Crippen LogP contribution < -0.4 is 14.8 Å². The number of amides is 1. The second-order valence-electron chi connectivity index (χ2n) is 7.30. The lowest BCUT2D eigenvalue weighted by Gasteiger charge is -2.12. The van der Waals surface area contributed by atoms with Gasteiger partial charge in [-0.15, -0.1) is 0 Å². The van der Waals surface area contributed by atoms with Crippen LogP contribution in [-0.4, -0.2) is 17.9 Å². The number of benzene rings is 3. The van der Waals surface area contributed by atoms with Crippen LogP contribution in [0.4, 0.5) is 11.4 Å². The summed E-state index contributed by atoms with van der Waals surface area (Å²) in [7, 11) is 1.49. The van der Waals surface area contributed by atoms with Crippen molar-refractivity contribution in [3.8, 4) is 17.6 Å². The first-order valence-corrected chi connectivity index (χ1v) is 10.5. The topological polar surface area (TPSA) is 114 Å². The van der Waals surface area contributed by atoms with Crippen LogP contribution in [0.15, 0.2) is 72.3 Å². The molecule has 8 nitrogen and oxygen atoms in total. The number of rotatable bonds is 9. The number of nitro benzene ring substituents is 1. The van der Waals surface area contributed by atoms with Gasteiger partial charge in [-0.25, -0.2) is 0 Å². The molecule has 8 heteroatoms. The Balaban J connectivity index is 1.71. The van der Waals surface area contributed by atoms with Gasteiger partial charge in [0, 0.05) is 17.8 Å². The number of methoxy groups -OCH3 is 1. The summed E-state index contributed by atoms with van der Waals surface area (Å²) in [6.45, 7) is 2.23. The van der Waals surface area contributed by atoms with E-state index in [2.05, 4.69) is 5.32 Å². The van der Waals surface area contributed by atoms with Crippen molar-refractivity contribution in [3.63, 3.8) is 0 Å². The van der Waals surface area contributed by atoms with Gasteiger partial charge < -0.3 is 14.8 Å². The number of nitriles is 1. The highest BCUT2D eigenvalue weighted by Gasteiger charge is 2.12. The molecule has 0 fully saturated rings. The van der Waals surface area contributed by atoms with Gasteiger partial charge in [0.2, 0.25) is 0 Å². The zero-order valence-electron chi connectivity index (χ0n) is 18.8. The van der Waals surface area contributed by atoms with E-state index in [4.69, 9.17) is 9.47 Å². The van der Waals surface area contributed by atoms with Crippen LogP contribution >= 0.6 is 0 Å². The maximum atomic E-state index is 12.5. The van der Waals surface area contributed by atoms with Crippen molar-refractivity contribution in [3.05, 3.63) is 99.1 Å². The second kappa shape index (κ2) is 11.3. The fourth-order valence-electron chi connectivity index (χ4n) is 3.11. The Kier molecular flexibility index (Phi) is 7.97. The second-order valence-corrected chi connectivity index (χ2v) is 7.30. The molecule has 0 heterocycles. The normalized spacial score (nSPS) is 10.8. The van der Waals surface area contributed by atoms with Crippen LogP contribution in [0.1, 0.15) is 23.6 Å². The highest BCUT2D eigenvalue weighted by molar-refractivity contribution is 6.09. The number of aryl methyl sites for hydroxylation is 1. The molecule has 0 spiro atoms. The Hall–Kier alpha value is -4.64. The molecular formula is C26H23N3O5. The van der Waals surface area contributed by atoms with E-state index >= 15 is 0 Å². The standard InChI is InChI=1S/C26H23N3O5/c1-3-18-4-9-22(10-5-18)28-26(30)21(16-27)14-20-8-13-24(25(15-20)33-2)34-17-19-6-11-23(12-7-19)29(31)32/h4-15H,3,17H2,1-2H3,(H,28,30)/b21-14-. The van der Waals surface area contributed by atoms with Gasteiger partial charge in [-0.2, -0.15) is 5.26 Å². The van der Waals surface area contributed by atoms with E-state index in [0.717, 1.165) is 17.5 Å². The number of non-ortho nitro benzene ring substituents is 1. The van der Waals surface area contributed by atoms with Gasteiger partial charge in [0.05, 0.1) is 12.0 Å². The number of hydrogen-bond acceptors (Lipinski definition) is 6. The lowest BCUT2D eigenvalue weighted by Crippen LogP contribution is -2.13. The number of carbonyl (C=O) groups is 1. The van der Waals surface area contributed by atoms with Crippen LogP contribution in [0, 0.1) is 21.4 Å². The Bertz CT molecular complexity index is 1240. The molecule has 0 atom stereocenters. The van der Waals surface area contributed by atoms with E-state index in [1.54, 1.807) is 42.5 Å². The van der Waals surface area contributed by atoms with Crippen LogP contribution in [0.25, 0.3) is 6.08 Å². The Labute approximate surface area is 197 Å². The molecule has 34 heavy (non-hydrogen) atoms. The monoisotopic (exact) mass is 457 g/mol. The van der Waals surface area contributed by atoms with Gasteiger partial charge in [-0.1, -0.05) is 25.1 Å². The number of carbonyl (C=O) groups excluding carboxylic acids is 1. The van der Waals surface area contributed by atoms with E-state index in [1.807, 2.05) is 25.1 Å². The molecule has 0 radical (unpaired) electrons. The fourth-order valence-corrected chi connectivity index (χ4v) is 3.11. The molecular weight excluding hydrogens is 434 g/mol. The molecule has 0 saturated heterocycles. The maximum Gasteiger partial charge on any atom is 0.269 e. The molecule has 3 aromatic rings. The molecule has 0 saturated carbocycles. The number of hydrogen-bond donors (Lipinski definition) is 1. The molecule has 172 valence electrons. The Morgan fingerprint density at radius 2 is 1.74 bits per heavy atom. The summed E-state index contributed by atoms with van der Waals surface area (Å²) in [5.74, 6) is 0.365. The minimum absolute atomic E-state index is 0.00720. The van der Waals surface area contributed by atoms with Crippen LogP contribution in [-0.2, 0) is 17.8 Å². The third kappa shape index (κ3) is 6.20. The summed E-state index contributed by atoms with van der Waals surface area (Å²) in [5, 5.41) is 23.0. The first kappa shape index (κ1) is 24.0. The number of nitrogens with one attached hydrogen (secondary N) is 1. The van der Waals surface area contributed by atoms with Crippen molar-refractivity contribution >= 4 is 23.4 Å². The molecule has 1 amide bonds. The van der Waals surface area contributed by atoms with Crippen molar-refractivity contribution in [2.24, 2.45) is 0 Å². The fraction of sp³-hybridized carbons (Fsp3) is 0.154. The molecule has 1 N–H and O–H groups in total. The van der Waals surface area contributed by atoms with Crippen LogP contribution in [0.3, 0.4) is 0 Å². The highest BCUT2D eigenvalue weighted by atomic mass is 16.6. The highest BCUT2D eigenvalue weighted by Crippen LogP contribution is 2.30. The van der Waals surface area contributed by atoms with Crippen molar-refractivity contribution in [2.45, 2.75) is 20.0 Å². The summed E-state index contributed by atoms with van der Waals surface area (Å²) >= 11 is 0. The van der Waals surface area contributed by atoms with Gasteiger partial charge in [-0.3, -0.25) is 14.9 Å². The number of nitrogens with zero attached hydrogens (tertiary/aromatic N) is 2. The maximum absolute atomic E-state index is 12.5. The molecule has 3 aromatic carbocycles. The lowest BCUT2D eigenvalue weighted by atomic mass is 10.1. The molecule has 0 unspecified atom stereocenters. The zero-order valence-corrected chi connectivity index (χ0v) is 18.8. The summed E-state index contributed by atoms with van der Waals surface area (Å²) in [5.41, 5.74) is 3.06. The third-order valence-corrected chi connectivity index (χ3v) is 5.03. The third-order valence-electron chi connectivity index (χ3n) is 5.03. The van der Waals surface area contributed by atoms with E-state index in [1.165, 1.54) is 25.3 Å². The van der Waals surface area contributed by atoms with Gasteiger partial charge in [0.15, 0.2) is 11.5 Å². The van der Waals surface area contributed by atoms with Crippen LogP contribution in [0.5, 0.6) is 11.5 Å². The SMILES string of the molecule is CCc1ccc(NC(=O)/C(C#N)=C\c2ccc(OCc3ccc([N+](=O)[O-])cc3)c(OC)c2)cc1. The smallest absolute Gasteiger partial charge is 0.269 e. The molecule has 0 aliphatic carbocycles. The molecule has 0 aliphatic heterocycles. The zero-order chi connectivity index (χ0) is 24.5. The minimum atomic E-state index is -0.510. The van der Waals surface area contributed by atoms with E-state index in [-0.39, 0.29) is 17.9 Å². The van der Waals surface area contributed by atoms with E-state index in [0.29, 0.717) is 22.7 Å². The number of ether oxygens (including phenoxy) is 2. The molecule has 0 aliphatic rings. The van der Waals surface area contributed by atoms with Gasteiger partial charge in [0.25, 0.3) is 11.6 Å². The van der Waals surface area contributed by atoms with Gasteiger partial charge >= 0.3 is 0 Å². The lowest BCUT2D eigenvalue weighted by molar-refractivity contribution is -0.384. The van der Waals surface area contributed by atoms with Gasteiger partial charge in [-0.05, 0) is 65.6 Å².